The molecular weight excluding hydrogens is 214 g/mol. The molecule has 1 aromatic carbocycles. The fourth-order valence-electron chi connectivity index (χ4n) is 2.03. The van der Waals surface area contributed by atoms with Gasteiger partial charge in [0.15, 0.2) is 11.5 Å². The van der Waals surface area contributed by atoms with E-state index < -0.39 is 0 Å². The van der Waals surface area contributed by atoms with E-state index in [4.69, 9.17) is 15.2 Å². The quantitative estimate of drug-likeness (QED) is 0.848. The standard InChI is InChI=1S/C14H19NO2/c1-16-12-5-2-10(9-14(15)6-7-14)8-13(12)17-11-3-4-11/h2,5,8,11H,3-4,6-7,9,15H2,1H3. The number of nitrogens with two attached hydrogens (primary N) is 1. The monoisotopic (exact) mass is 233 g/mol. The number of hydrogen-bond acceptors (Lipinski definition) is 3. The first-order valence-corrected chi connectivity index (χ1v) is 6.31. The highest BCUT2D eigenvalue weighted by Crippen LogP contribution is 2.39. The molecular formula is C14H19NO2. The molecule has 92 valence electrons. The van der Waals surface area contributed by atoms with Crippen molar-refractivity contribution >= 4 is 0 Å². The van der Waals surface area contributed by atoms with Crippen LogP contribution in [0.2, 0.25) is 0 Å². The number of methoxy groups -OCH3 is 1. The molecule has 0 saturated heterocycles. The topological polar surface area (TPSA) is 44.5 Å². The van der Waals surface area contributed by atoms with E-state index in [2.05, 4.69) is 12.1 Å². The first-order chi connectivity index (χ1) is 8.18. The largest absolute Gasteiger partial charge is 0.493 e. The molecule has 0 aromatic heterocycles. The third-order valence-corrected chi connectivity index (χ3v) is 3.49. The minimum atomic E-state index is 0.0471. The van der Waals surface area contributed by atoms with Gasteiger partial charge in [-0.05, 0) is 49.8 Å². The number of benzene rings is 1. The highest BCUT2D eigenvalue weighted by Gasteiger charge is 2.38. The Hall–Kier alpha value is -1.22. The molecule has 3 nitrogen and oxygen atoms in total. The molecule has 0 unspecified atom stereocenters. The first-order valence-electron chi connectivity index (χ1n) is 6.31. The summed E-state index contributed by atoms with van der Waals surface area (Å²) < 4.78 is 11.2. The minimum Gasteiger partial charge on any atom is -0.493 e. The van der Waals surface area contributed by atoms with Crippen LogP contribution in [0.3, 0.4) is 0 Å². The molecule has 0 atom stereocenters. The zero-order valence-corrected chi connectivity index (χ0v) is 10.2. The molecule has 0 heterocycles. The summed E-state index contributed by atoms with van der Waals surface area (Å²) in [4.78, 5) is 0. The maximum Gasteiger partial charge on any atom is 0.161 e. The van der Waals surface area contributed by atoms with Crippen LogP contribution in [0.25, 0.3) is 0 Å². The summed E-state index contributed by atoms with van der Waals surface area (Å²) in [6, 6.07) is 6.16. The Morgan fingerprint density at radius 2 is 2.06 bits per heavy atom. The van der Waals surface area contributed by atoms with Crippen molar-refractivity contribution in [2.45, 2.75) is 43.7 Å². The van der Waals surface area contributed by atoms with Gasteiger partial charge in [-0.25, -0.2) is 0 Å². The Morgan fingerprint density at radius 3 is 2.65 bits per heavy atom. The van der Waals surface area contributed by atoms with E-state index in [9.17, 15) is 0 Å². The number of rotatable bonds is 5. The van der Waals surface area contributed by atoms with Crippen LogP contribution in [0.1, 0.15) is 31.2 Å². The average Bonchev–Trinajstić information content (AvgIpc) is 3.20. The summed E-state index contributed by atoms with van der Waals surface area (Å²) in [5, 5.41) is 0. The van der Waals surface area contributed by atoms with Gasteiger partial charge in [-0.3, -0.25) is 0 Å². The van der Waals surface area contributed by atoms with E-state index in [-0.39, 0.29) is 5.54 Å². The van der Waals surface area contributed by atoms with Crippen molar-refractivity contribution in [1.29, 1.82) is 0 Å². The first kappa shape index (κ1) is 10.9. The summed E-state index contributed by atoms with van der Waals surface area (Å²) in [5.41, 5.74) is 7.44. The summed E-state index contributed by atoms with van der Waals surface area (Å²) >= 11 is 0. The van der Waals surface area contributed by atoms with Crippen molar-refractivity contribution in [1.82, 2.24) is 0 Å². The Labute approximate surface area is 102 Å². The van der Waals surface area contributed by atoms with Crippen LogP contribution in [0.15, 0.2) is 18.2 Å². The normalized spacial score (nSPS) is 21.1. The van der Waals surface area contributed by atoms with Crippen LogP contribution in [0.5, 0.6) is 11.5 Å². The Morgan fingerprint density at radius 1 is 1.29 bits per heavy atom. The van der Waals surface area contributed by atoms with Crippen molar-refractivity contribution in [2.75, 3.05) is 7.11 Å². The average molecular weight is 233 g/mol. The van der Waals surface area contributed by atoms with Crippen molar-refractivity contribution in [3.8, 4) is 11.5 Å². The highest BCUT2D eigenvalue weighted by atomic mass is 16.5. The second kappa shape index (κ2) is 3.91. The van der Waals surface area contributed by atoms with Gasteiger partial charge in [0.1, 0.15) is 0 Å². The van der Waals surface area contributed by atoms with Crippen LogP contribution in [-0.4, -0.2) is 18.8 Å². The van der Waals surface area contributed by atoms with Crippen molar-refractivity contribution in [3.05, 3.63) is 23.8 Å². The van der Waals surface area contributed by atoms with E-state index in [1.807, 2.05) is 6.07 Å². The van der Waals surface area contributed by atoms with Crippen LogP contribution in [0.4, 0.5) is 0 Å². The van der Waals surface area contributed by atoms with E-state index in [0.717, 1.165) is 43.6 Å². The molecule has 0 radical (unpaired) electrons. The lowest BCUT2D eigenvalue weighted by atomic mass is 10.0. The van der Waals surface area contributed by atoms with Gasteiger partial charge in [-0.2, -0.15) is 0 Å². The van der Waals surface area contributed by atoms with Gasteiger partial charge in [0.05, 0.1) is 13.2 Å². The molecule has 17 heavy (non-hydrogen) atoms. The number of hydrogen-bond donors (Lipinski definition) is 1. The number of ether oxygens (including phenoxy) is 2. The molecule has 3 heteroatoms. The Kier molecular flexibility index (Phi) is 2.51. The maximum absolute atomic E-state index is 6.14. The van der Waals surface area contributed by atoms with Crippen LogP contribution >= 0.6 is 0 Å². The van der Waals surface area contributed by atoms with Crippen molar-refractivity contribution in [3.63, 3.8) is 0 Å². The Bertz CT molecular complexity index is 422. The lowest BCUT2D eigenvalue weighted by Gasteiger charge is -2.13. The maximum atomic E-state index is 6.14. The highest BCUT2D eigenvalue weighted by molar-refractivity contribution is 5.44. The molecule has 2 N–H and O–H groups in total. The molecule has 1 aromatic rings. The van der Waals surface area contributed by atoms with Crippen molar-refractivity contribution < 1.29 is 9.47 Å². The van der Waals surface area contributed by atoms with Gasteiger partial charge in [-0.1, -0.05) is 6.07 Å². The molecule has 2 fully saturated rings. The summed E-state index contributed by atoms with van der Waals surface area (Å²) in [7, 11) is 1.68. The van der Waals surface area contributed by atoms with Crippen LogP contribution in [-0.2, 0) is 6.42 Å². The van der Waals surface area contributed by atoms with Crippen LogP contribution in [0, 0.1) is 0 Å². The summed E-state index contributed by atoms with van der Waals surface area (Å²) in [5.74, 6) is 1.69. The molecule has 2 saturated carbocycles. The molecule has 2 aliphatic carbocycles. The van der Waals surface area contributed by atoms with Gasteiger partial charge in [0, 0.05) is 5.54 Å². The molecule has 0 spiro atoms. The second-order valence-electron chi connectivity index (χ2n) is 5.34. The molecule has 3 rings (SSSR count). The van der Waals surface area contributed by atoms with E-state index in [1.54, 1.807) is 7.11 Å². The van der Waals surface area contributed by atoms with Crippen molar-refractivity contribution in [2.24, 2.45) is 5.73 Å². The van der Waals surface area contributed by atoms with Gasteiger partial charge < -0.3 is 15.2 Å². The van der Waals surface area contributed by atoms with E-state index in [0.29, 0.717) is 6.10 Å². The SMILES string of the molecule is COc1ccc(CC2(N)CC2)cc1OC1CC1. The zero-order valence-electron chi connectivity index (χ0n) is 10.2. The minimum absolute atomic E-state index is 0.0471. The predicted molar refractivity (Wildman–Crippen MR) is 66.5 cm³/mol. The van der Waals surface area contributed by atoms with E-state index in [1.165, 1.54) is 5.56 Å². The fourth-order valence-corrected chi connectivity index (χ4v) is 2.03. The summed E-state index contributed by atoms with van der Waals surface area (Å²) in [6.45, 7) is 0. The third-order valence-electron chi connectivity index (χ3n) is 3.49. The molecule has 0 aliphatic heterocycles. The molecule has 0 bridgehead atoms. The molecule has 0 amide bonds. The van der Waals surface area contributed by atoms with Gasteiger partial charge >= 0.3 is 0 Å². The lowest BCUT2D eigenvalue weighted by molar-refractivity contribution is 0.281. The lowest BCUT2D eigenvalue weighted by Crippen LogP contribution is -2.24. The van der Waals surface area contributed by atoms with Gasteiger partial charge in [-0.15, -0.1) is 0 Å². The zero-order chi connectivity index (χ0) is 11.9. The summed E-state index contributed by atoms with van der Waals surface area (Å²) in [6.07, 6.45) is 5.93. The smallest absolute Gasteiger partial charge is 0.161 e. The van der Waals surface area contributed by atoms with E-state index >= 15 is 0 Å². The predicted octanol–water partition coefficient (Wildman–Crippen LogP) is 2.27. The molecule has 2 aliphatic rings. The van der Waals surface area contributed by atoms with Gasteiger partial charge in [0.25, 0.3) is 0 Å². The van der Waals surface area contributed by atoms with Gasteiger partial charge in [0.2, 0.25) is 0 Å². The second-order valence-corrected chi connectivity index (χ2v) is 5.34. The van der Waals surface area contributed by atoms with Crippen LogP contribution < -0.4 is 15.2 Å². The Balaban J connectivity index is 1.79. The fraction of sp³-hybridized carbons (Fsp3) is 0.571. The third kappa shape index (κ3) is 2.55.